The summed E-state index contributed by atoms with van der Waals surface area (Å²) in [6, 6.07) is 12.6. The van der Waals surface area contributed by atoms with E-state index in [1.54, 1.807) is 6.07 Å². The van der Waals surface area contributed by atoms with Gasteiger partial charge >= 0.3 is 0 Å². The molecule has 0 bridgehead atoms. The van der Waals surface area contributed by atoms with Crippen LogP contribution in [0.3, 0.4) is 0 Å². The minimum absolute atomic E-state index is 0.00797. The summed E-state index contributed by atoms with van der Waals surface area (Å²) in [5.41, 5.74) is 2.88. The number of amides is 1. The predicted molar refractivity (Wildman–Crippen MR) is 130 cm³/mol. The third-order valence-corrected chi connectivity index (χ3v) is 6.53. The first kappa shape index (κ1) is 24.0. The highest BCUT2D eigenvalue weighted by atomic mass is 35.5. The Hall–Kier alpha value is -2.19. The van der Waals surface area contributed by atoms with Crippen LogP contribution < -0.4 is 10.2 Å². The van der Waals surface area contributed by atoms with Crippen LogP contribution in [0, 0.1) is 5.82 Å². The van der Waals surface area contributed by atoms with E-state index in [4.69, 9.17) is 16.3 Å². The van der Waals surface area contributed by atoms with Crippen molar-refractivity contribution in [2.24, 2.45) is 0 Å². The summed E-state index contributed by atoms with van der Waals surface area (Å²) < 4.78 is 19.0. The van der Waals surface area contributed by atoms with E-state index in [0.29, 0.717) is 18.1 Å². The number of carbonyl (C=O) groups excluding carboxylic acids is 1. The summed E-state index contributed by atoms with van der Waals surface area (Å²) in [4.78, 5) is 19.3. The summed E-state index contributed by atoms with van der Waals surface area (Å²) >= 11 is 6.15. The van der Waals surface area contributed by atoms with Gasteiger partial charge in [0.25, 0.3) is 0 Å². The van der Waals surface area contributed by atoms with Gasteiger partial charge in [-0.15, -0.1) is 0 Å². The van der Waals surface area contributed by atoms with E-state index in [-0.39, 0.29) is 23.9 Å². The molecular weight excluding hydrogens is 443 g/mol. The SMILES string of the molecule is CC1CN(c2ccc(NC(=O)CN3CCN(Cc4ccc(F)cc4Cl)CC3)cc2)CC(C)O1. The van der Waals surface area contributed by atoms with Crippen LogP contribution in [-0.4, -0.2) is 73.7 Å². The van der Waals surface area contributed by atoms with Crippen molar-refractivity contribution in [2.75, 3.05) is 56.0 Å². The molecule has 2 aromatic carbocycles. The molecule has 2 saturated heterocycles. The first-order valence-corrected chi connectivity index (χ1v) is 11.9. The van der Waals surface area contributed by atoms with E-state index >= 15 is 0 Å². The molecule has 2 aliphatic heterocycles. The summed E-state index contributed by atoms with van der Waals surface area (Å²) in [5.74, 6) is -0.328. The van der Waals surface area contributed by atoms with E-state index in [9.17, 15) is 9.18 Å². The Labute approximate surface area is 200 Å². The van der Waals surface area contributed by atoms with Gasteiger partial charge < -0.3 is 15.0 Å². The third kappa shape index (κ3) is 6.67. The average Bonchev–Trinajstić information content (AvgIpc) is 2.77. The zero-order valence-electron chi connectivity index (χ0n) is 19.3. The summed E-state index contributed by atoms with van der Waals surface area (Å²) in [6.07, 6.45) is 0.419. The van der Waals surface area contributed by atoms with Gasteiger partial charge in [0.2, 0.25) is 5.91 Å². The number of nitrogens with one attached hydrogen (secondary N) is 1. The molecule has 6 nitrogen and oxygen atoms in total. The summed E-state index contributed by atoms with van der Waals surface area (Å²) in [7, 11) is 0. The maximum Gasteiger partial charge on any atom is 0.238 e. The molecule has 8 heteroatoms. The molecule has 178 valence electrons. The molecule has 0 aliphatic carbocycles. The van der Waals surface area contributed by atoms with Crippen LogP contribution in [0.2, 0.25) is 5.02 Å². The van der Waals surface area contributed by atoms with Gasteiger partial charge in [-0.05, 0) is 55.8 Å². The molecule has 2 fully saturated rings. The number of anilines is 2. The molecular formula is C25H32ClFN4O2. The number of piperazine rings is 1. The normalized spacial score (nSPS) is 22.4. The molecule has 4 rings (SSSR count). The Morgan fingerprint density at radius 1 is 1.03 bits per heavy atom. The van der Waals surface area contributed by atoms with E-state index in [1.165, 1.54) is 12.1 Å². The van der Waals surface area contributed by atoms with Gasteiger partial charge in [-0.3, -0.25) is 14.6 Å². The lowest BCUT2D eigenvalue weighted by Crippen LogP contribution is -2.48. The van der Waals surface area contributed by atoms with Crippen LogP contribution in [0.1, 0.15) is 19.4 Å². The second-order valence-corrected chi connectivity index (χ2v) is 9.45. The molecule has 0 spiro atoms. The first-order chi connectivity index (χ1) is 15.9. The number of rotatable bonds is 6. The van der Waals surface area contributed by atoms with Crippen LogP contribution >= 0.6 is 11.6 Å². The Balaban J connectivity index is 1.22. The number of halogens is 2. The first-order valence-electron chi connectivity index (χ1n) is 11.5. The molecule has 0 aromatic heterocycles. The number of nitrogens with zero attached hydrogens (tertiary/aromatic N) is 3. The van der Waals surface area contributed by atoms with Crippen LogP contribution in [0.25, 0.3) is 0 Å². The van der Waals surface area contributed by atoms with Gasteiger partial charge in [0.15, 0.2) is 0 Å². The van der Waals surface area contributed by atoms with Crippen LogP contribution in [0.5, 0.6) is 0 Å². The number of carbonyl (C=O) groups is 1. The molecule has 2 aromatic rings. The highest BCUT2D eigenvalue weighted by molar-refractivity contribution is 6.31. The number of ether oxygens (including phenoxy) is 1. The topological polar surface area (TPSA) is 48.1 Å². The second-order valence-electron chi connectivity index (χ2n) is 9.05. The molecule has 33 heavy (non-hydrogen) atoms. The minimum atomic E-state index is -0.320. The van der Waals surface area contributed by atoms with Crippen molar-refractivity contribution in [3.05, 3.63) is 58.9 Å². The van der Waals surface area contributed by atoms with Gasteiger partial charge in [-0.25, -0.2) is 4.39 Å². The number of benzene rings is 2. The largest absolute Gasteiger partial charge is 0.372 e. The fraction of sp³-hybridized carbons (Fsp3) is 0.480. The predicted octanol–water partition coefficient (Wildman–Crippen LogP) is 3.85. The van der Waals surface area contributed by atoms with Gasteiger partial charge in [0.05, 0.1) is 18.8 Å². The van der Waals surface area contributed by atoms with Crippen molar-refractivity contribution in [3.8, 4) is 0 Å². The monoisotopic (exact) mass is 474 g/mol. The zero-order chi connectivity index (χ0) is 23.4. The van der Waals surface area contributed by atoms with Crippen molar-refractivity contribution in [1.82, 2.24) is 9.80 Å². The van der Waals surface area contributed by atoms with Crippen molar-refractivity contribution in [3.63, 3.8) is 0 Å². The van der Waals surface area contributed by atoms with E-state index < -0.39 is 0 Å². The Bertz CT molecular complexity index is 940. The fourth-order valence-corrected chi connectivity index (χ4v) is 4.77. The Morgan fingerprint density at radius 2 is 1.67 bits per heavy atom. The van der Waals surface area contributed by atoms with E-state index in [0.717, 1.165) is 56.2 Å². The number of hydrogen-bond acceptors (Lipinski definition) is 5. The van der Waals surface area contributed by atoms with Gasteiger partial charge in [0.1, 0.15) is 5.82 Å². The lowest BCUT2D eigenvalue weighted by molar-refractivity contribution is -0.117. The summed E-state index contributed by atoms with van der Waals surface area (Å²) in [6.45, 7) is 10.3. The van der Waals surface area contributed by atoms with Crippen LogP contribution in [0.4, 0.5) is 15.8 Å². The molecule has 2 heterocycles. The van der Waals surface area contributed by atoms with Crippen molar-refractivity contribution in [2.45, 2.75) is 32.6 Å². The number of morpholine rings is 1. The lowest BCUT2D eigenvalue weighted by atomic mass is 10.2. The Kier molecular flexibility index (Phi) is 7.86. The average molecular weight is 475 g/mol. The summed E-state index contributed by atoms with van der Waals surface area (Å²) in [5, 5.41) is 3.47. The maximum absolute atomic E-state index is 13.2. The highest BCUT2D eigenvalue weighted by Gasteiger charge is 2.23. The molecule has 0 saturated carbocycles. The quantitative estimate of drug-likeness (QED) is 0.689. The molecule has 1 amide bonds. The molecule has 2 atom stereocenters. The molecule has 2 aliphatic rings. The molecule has 1 N–H and O–H groups in total. The standard InChI is InChI=1S/C25H32ClFN4O2/c1-18-14-31(15-19(2)33-18)23-7-5-22(6-8-23)28-25(32)17-30-11-9-29(10-12-30)16-20-3-4-21(27)13-24(20)26/h3-8,13,18-19H,9-12,14-17H2,1-2H3,(H,28,32). The van der Waals surface area contributed by atoms with Crippen LogP contribution in [-0.2, 0) is 16.1 Å². The van der Waals surface area contributed by atoms with E-state index in [1.807, 2.05) is 12.1 Å². The zero-order valence-corrected chi connectivity index (χ0v) is 20.0. The van der Waals surface area contributed by atoms with Crippen LogP contribution in [0.15, 0.2) is 42.5 Å². The fourth-order valence-electron chi connectivity index (χ4n) is 4.54. The van der Waals surface area contributed by atoms with Crippen molar-refractivity contribution in [1.29, 1.82) is 0 Å². The molecule has 2 unspecified atom stereocenters. The lowest BCUT2D eigenvalue weighted by Gasteiger charge is -2.37. The Morgan fingerprint density at radius 3 is 2.30 bits per heavy atom. The van der Waals surface area contributed by atoms with Crippen molar-refractivity contribution >= 4 is 28.9 Å². The maximum atomic E-state index is 13.2. The minimum Gasteiger partial charge on any atom is -0.372 e. The highest BCUT2D eigenvalue weighted by Crippen LogP contribution is 2.23. The van der Waals surface area contributed by atoms with Crippen molar-refractivity contribution < 1.29 is 13.9 Å². The third-order valence-electron chi connectivity index (χ3n) is 6.18. The van der Waals surface area contributed by atoms with Gasteiger partial charge in [0, 0.05) is 62.2 Å². The number of hydrogen-bond donors (Lipinski definition) is 1. The van der Waals surface area contributed by atoms with Gasteiger partial charge in [-0.2, -0.15) is 0 Å². The van der Waals surface area contributed by atoms with Gasteiger partial charge in [-0.1, -0.05) is 17.7 Å². The van der Waals surface area contributed by atoms with E-state index in [2.05, 4.69) is 46.0 Å². The smallest absolute Gasteiger partial charge is 0.238 e. The second kappa shape index (κ2) is 10.8. The molecule has 0 radical (unpaired) electrons.